The smallest absolute Gasteiger partial charge is 0.290 e. The summed E-state index contributed by atoms with van der Waals surface area (Å²) >= 11 is 0. The van der Waals surface area contributed by atoms with Crippen LogP contribution in [0.25, 0.3) is 0 Å². The first-order valence-electron chi connectivity index (χ1n) is 8.84. The van der Waals surface area contributed by atoms with Crippen LogP contribution in [0.3, 0.4) is 0 Å². The summed E-state index contributed by atoms with van der Waals surface area (Å²) in [5.41, 5.74) is 1.88. The highest BCUT2D eigenvalue weighted by molar-refractivity contribution is 6.15. The van der Waals surface area contributed by atoms with Gasteiger partial charge in [-0.25, -0.2) is 0 Å². The van der Waals surface area contributed by atoms with Crippen LogP contribution in [0, 0.1) is 13.8 Å². The van der Waals surface area contributed by atoms with Gasteiger partial charge in [-0.15, -0.1) is 0 Å². The molecule has 0 bridgehead atoms. The van der Waals surface area contributed by atoms with E-state index in [1.54, 1.807) is 26.2 Å². The summed E-state index contributed by atoms with van der Waals surface area (Å²) in [4.78, 5) is 27.2. The lowest BCUT2D eigenvalue weighted by Crippen LogP contribution is -2.32. The fourth-order valence-corrected chi connectivity index (χ4v) is 3.28. The van der Waals surface area contributed by atoms with Crippen molar-refractivity contribution < 1.29 is 23.8 Å². The molecule has 6 heteroatoms. The lowest BCUT2D eigenvalue weighted by atomic mass is 9.94. The molecule has 0 unspecified atom stereocenters. The Hall–Kier alpha value is -2.86. The minimum atomic E-state index is -0.659. The molecule has 1 aliphatic rings. The van der Waals surface area contributed by atoms with Crippen LogP contribution in [-0.4, -0.2) is 42.0 Å². The predicted molar refractivity (Wildman–Crippen MR) is 99.6 cm³/mol. The van der Waals surface area contributed by atoms with Gasteiger partial charge in [0.25, 0.3) is 5.91 Å². The quantitative estimate of drug-likeness (QED) is 0.597. The van der Waals surface area contributed by atoms with Crippen LogP contribution in [-0.2, 0) is 9.53 Å². The molecule has 142 valence electrons. The van der Waals surface area contributed by atoms with Crippen molar-refractivity contribution in [3.63, 3.8) is 0 Å². The number of amides is 1. The van der Waals surface area contributed by atoms with E-state index in [1.165, 1.54) is 4.90 Å². The third-order valence-electron chi connectivity index (χ3n) is 4.65. The minimum Gasteiger partial charge on any atom is -0.503 e. The maximum atomic E-state index is 13.0. The Kier molecular flexibility index (Phi) is 5.46. The van der Waals surface area contributed by atoms with E-state index in [0.717, 1.165) is 11.1 Å². The SMILES string of the molecule is COCCCN1C(=O)C(O)=C(C(=O)c2ccc(C)o2)[C@@H]1c1ccc(C)cc1. The van der Waals surface area contributed by atoms with Crippen LogP contribution in [0.1, 0.15) is 39.9 Å². The molecule has 0 radical (unpaired) electrons. The molecule has 1 amide bonds. The molecule has 1 atom stereocenters. The van der Waals surface area contributed by atoms with Crippen molar-refractivity contribution in [1.29, 1.82) is 0 Å². The van der Waals surface area contributed by atoms with Gasteiger partial charge in [-0.05, 0) is 38.0 Å². The molecule has 0 saturated heterocycles. The molecule has 6 nitrogen and oxygen atoms in total. The molecule has 1 aromatic heterocycles. The number of rotatable bonds is 7. The number of carbonyl (C=O) groups excluding carboxylic acids is 2. The Bertz CT molecular complexity index is 878. The lowest BCUT2D eigenvalue weighted by Gasteiger charge is -2.26. The van der Waals surface area contributed by atoms with Gasteiger partial charge in [-0.2, -0.15) is 0 Å². The first kappa shape index (κ1) is 18.9. The normalized spacial score (nSPS) is 17.1. The number of aliphatic hydroxyl groups is 1. The number of aryl methyl sites for hydroxylation is 2. The fraction of sp³-hybridized carbons (Fsp3) is 0.333. The molecule has 1 N–H and O–H groups in total. The van der Waals surface area contributed by atoms with Crippen LogP contribution < -0.4 is 0 Å². The van der Waals surface area contributed by atoms with E-state index in [-0.39, 0.29) is 11.3 Å². The third-order valence-corrected chi connectivity index (χ3v) is 4.65. The Morgan fingerprint density at radius 2 is 1.89 bits per heavy atom. The second kappa shape index (κ2) is 7.80. The molecule has 1 aromatic carbocycles. The topological polar surface area (TPSA) is 80.0 Å². The van der Waals surface area contributed by atoms with E-state index in [2.05, 4.69) is 0 Å². The molecule has 2 heterocycles. The van der Waals surface area contributed by atoms with Crippen LogP contribution in [0.15, 0.2) is 52.1 Å². The van der Waals surface area contributed by atoms with E-state index in [1.807, 2.05) is 31.2 Å². The monoisotopic (exact) mass is 369 g/mol. The summed E-state index contributed by atoms with van der Waals surface area (Å²) in [6.45, 7) is 4.54. The highest BCUT2D eigenvalue weighted by Gasteiger charge is 2.44. The van der Waals surface area contributed by atoms with E-state index in [0.29, 0.717) is 25.3 Å². The summed E-state index contributed by atoms with van der Waals surface area (Å²) in [6.07, 6.45) is 0.596. The van der Waals surface area contributed by atoms with Crippen LogP contribution in [0.2, 0.25) is 0 Å². The molecule has 2 aromatic rings. The molecule has 0 spiro atoms. The van der Waals surface area contributed by atoms with Gasteiger partial charge < -0.3 is 19.2 Å². The fourth-order valence-electron chi connectivity index (χ4n) is 3.28. The maximum absolute atomic E-state index is 13.0. The van der Waals surface area contributed by atoms with Crippen molar-refractivity contribution in [3.8, 4) is 0 Å². The molecule has 0 fully saturated rings. The first-order valence-corrected chi connectivity index (χ1v) is 8.84. The molecule has 3 rings (SSSR count). The van der Waals surface area contributed by atoms with Gasteiger partial charge in [-0.1, -0.05) is 29.8 Å². The van der Waals surface area contributed by atoms with E-state index < -0.39 is 23.5 Å². The third kappa shape index (κ3) is 3.66. The summed E-state index contributed by atoms with van der Waals surface area (Å²) in [7, 11) is 1.59. The molecule has 0 aliphatic carbocycles. The predicted octanol–water partition coefficient (Wildman–Crippen LogP) is 3.51. The Morgan fingerprint density at radius 1 is 1.19 bits per heavy atom. The van der Waals surface area contributed by atoms with Crippen molar-refractivity contribution in [2.24, 2.45) is 0 Å². The van der Waals surface area contributed by atoms with Crippen molar-refractivity contribution in [2.45, 2.75) is 26.3 Å². The zero-order chi connectivity index (χ0) is 19.6. The lowest BCUT2D eigenvalue weighted by molar-refractivity contribution is -0.129. The second-order valence-electron chi connectivity index (χ2n) is 6.66. The number of furan rings is 1. The molecular formula is C21H23NO5. The van der Waals surface area contributed by atoms with Crippen molar-refractivity contribution in [3.05, 3.63) is 70.4 Å². The van der Waals surface area contributed by atoms with Crippen molar-refractivity contribution in [1.82, 2.24) is 4.90 Å². The number of hydrogen-bond donors (Lipinski definition) is 1. The van der Waals surface area contributed by atoms with E-state index in [4.69, 9.17) is 9.15 Å². The number of aliphatic hydroxyl groups excluding tert-OH is 1. The van der Waals surface area contributed by atoms with Gasteiger partial charge >= 0.3 is 0 Å². The van der Waals surface area contributed by atoms with Gasteiger partial charge in [0.15, 0.2) is 11.5 Å². The van der Waals surface area contributed by atoms with Crippen molar-refractivity contribution in [2.75, 3.05) is 20.3 Å². The van der Waals surface area contributed by atoms with Gasteiger partial charge in [0, 0.05) is 20.3 Å². The number of Topliss-reactive ketones (excluding diaryl/α,β-unsaturated/α-hetero) is 1. The van der Waals surface area contributed by atoms with Crippen LogP contribution in [0.4, 0.5) is 0 Å². The zero-order valence-electron chi connectivity index (χ0n) is 15.7. The zero-order valence-corrected chi connectivity index (χ0v) is 15.7. The molecular weight excluding hydrogens is 346 g/mol. The highest BCUT2D eigenvalue weighted by Crippen LogP contribution is 2.39. The number of ketones is 1. The van der Waals surface area contributed by atoms with E-state index >= 15 is 0 Å². The first-order chi connectivity index (χ1) is 12.9. The van der Waals surface area contributed by atoms with Gasteiger partial charge in [0.2, 0.25) is 5.78 Å². The Morgan fingerprint density at radius 3 is 2.48 bits per heavy atom. The number of nitrogens with zero attached hydrogens (tertiary/aromatic N) is 1. The largest absolute Gasteiger partial charge is 0.503 e. The summed E-state index contributed by atoms with van der Waals surface area (Å²) < 4.78 is 10.5. The summed E-state index contributed by atoms with van der Waals surface area (Å²) in [5, 5.41) is 10.5. The number of ether oxygens (including phenoxy) is 1. The number of hydrogen-bond acceptors (Lipinski definition) is 5. The number of carbonyl (C=O) groups is 2. The highest BCUT2D eigenvalue weighted by atomic mass is 16.5. The second-order valence-corrected chi connectivity index (χ2v) is 6.66. The summed E-state index contributed by atoms with van der Waals surface area (Å²) in [5.74, 6) is -0.849. The van der Waals surface area contributed by atoms with Crippen molar-refractivity contribution >= 4 is 11.7 Å². The maximum Gasteiger partial charge on any atom is 0.290 e. The average molecular weight is 369 g/mol. The minimum absolute atomic E-state index is 0.0515. The standard InChI is InChI=1S/C21H23NO5/c1-13-5-8-15(9-6-13)18-17(19(23)16-10-7-14(2)27-16)20(24)21(25)22(18)11-4-12-26-3/h5-10,18,24H,4,11-12H2,1-3H3/t18-/m0/s1. The van der Waals surface area contributed by atoms with E-state index in [9.17, 15) is 14.7 Å². The van der Waals surface area contributed by atoms with Gasteiger partial charge in [-0.3, -0.25) is 9.59 Å². The molecule has 0 saturated carbocycles. The number of benzene rings is 1. The Labute approximate surface area is 158 Å². The Balaban J connectivity index is 2.03. The number of methoxy groups -OCH3 is 1. The molecule has 27 heavy (non-hydrogen) atoms. The molecule has 1 aliphatic heterocycles. The van der Waals surface area contributed by atoms with Crippen LogP contribution in [0.5, 0.6) is 0 Å². The van der Waals surface area contributed by atoms with Gasteiger partial charge in [0.05, 0.1) is 11.6 Å². The van der Waals surface area contributed by atoms with Crippen LogP contribution >= 0.6 is 0 Å². The summed E-state index contributed by atoms with van der Waals surface area (Å²) in [6, 6.07) is 10.2. The van der Waals surface area contributed by atoms with Gasteiger partial charge in [0.1, 0.15) is 5.76 Å². The average Bonchev–Trinajstić information content (AvgIpc) is 3.19.